The highest BCUT2D eigenvalue weighted by atomic mass is 15.1. The number of rotatable bonds is 11. The van der Waals surface area contributed by atoms with Crippen LogP contribution < -0.4 is 0 Å². The Kier molecular flexibility index (Phi) is 11.9. The van der Waals surface area contributed by atoms with Crippen molar-refractivity contribution in [2.75, 3.05) is 0 Å². The number of fused-ring (bicyclic) bond motifs is 6. The van der Waals surface area contributed by atoms with Crippen LogP contribution in [0.3, 0.4) is 0 Å². The number of benzene rings is 7. The van der Waals surface area contributed by atoms with Crippen LogP contribution in [-0.2, 0) is 36.5 Å². The van der Waals surface area contributed by atoms with E-state index in [2.05, 4.69) is 232 Å². The Balaban J connectivity index is 0.860. The van der Waals surface area contributed by atoms with Crippen molar-refractivity contribution in [3.63, 3.8) is 0 Å². The van der Waals surface area contributed by atoms with Gasteiger partial charge in [0.05, 0.1) is 11.2 Å². The Morgan fingerprint density at radius 2 is 0.932 bits per heavy atom. The Morgan fingerprint density at radius 1 is 0.378 bits per heavy atom. The van der Waals surface area contributed by atoms with Crippen molar-refractivity contribution in [2.24, 2.45) is 0 Å². The number of aromatic nitrogens is 6. The van der Waals surface area contributed by atoms with E-state index in [4.69, 9.17) is 19.9 Å². The van der Waals surface area contributed by atoms with Crippen LogP contribution in [0.1, 0.15) is 75.3 Å². The number of nitrogens with zero attached hydrogens (tertiary/aromatic N) is 6. The first-order chi connectivity index (χ1) is 35.9. The van der Waals surface area contributed by atoms with Crippen molar-refractivity contribution in [2.45, 2.75) is 78.1 Å². The molecule has 6 nitrogen and oxygen atoms in total. The highest BCUT2D eigenvalue weighted by Crippen LogP contribution is 2.37. The van der Waals surface area contributed by atoms with Crippen molar-refractivity contribution in [3.05, 3.63) is 241 Å². The predicted molar refractivity (Wildman–Crippen MR) is 307 cm³/mol. The molecule has 0 saturated carbocycles. The van der Waals surface area contributed by atoms with Gasteiger partial charge in [0.25, 0.3) is 0 Å². The minimum Gasteiger partial charge on any atom is -0.303 e. The minimum atomic E-state index is -0.132. The molecule has 0 amide bonds. The largest absolute Gasteiger partial charge is 0.303 e. The normalized spacial score (nSPS) is 12.1. The van der Waals surface area contributed by atoms with E-state index in [1.807, 2.05) is 24.8 Å². The van der Waals surface area contributed by atoms with E-state index in [1.165, 1.54) is 77.7 Å². The number of hydrogen-bond acceptors (Lipinski definition) is 4. The summed E-state index contributed by atoms with van der Waals surface area (Å²) in [5.41, 5.74) is 20.9. The third-order valence-corrected chi connectivity index (χ3v) is 14.7. The highest BCUT2D eigenvalue weighted by molar-refractivity contribution is 5.95. The van der Waals surface area contributed by atoms with E-state index in [0.717, 1.165) is 70.5 Å². The third-order valence-electron chi connectivity index (χ3n) is 14.7. The summed E-state index contributed by atoms with van der Waals surface area (Å²) < 4.78 is 4.39. The molecule has 0 aliphatic rings. The summed E-state index contributed by atoms with van der Waals surface area (Å²) >= 11 is 0. The molecule has 0 N–H and O–H groups in total. The van der Waals surface area contributed by atoms with Gasteiger partial charge < -0.3 is 4.40 Å². The highest BCUT2D eigenvalue weighted by Gasteiger charge is 2.22. The van der Waals surface area contributed by atoms with Gasteiger partial charge in [-0.1, -0.05) is 187 Å². The van der Waals surface area contributed by atoms with Crippen LogP contribution in [0, 0.1) is 0 Å². The lowest BCUT2D eigenvalue weighted by Gasteiger charge is -2.22. The van der Waals surface area contributed by atoms with Crippen molar-refractivity contribution in [3.8, 4) is 55.8 Å². The zero-order valence-corrected chi connectivity index (χ0v) is 43.1. The lowest BCUT2D eigenvalue weighted by atomic mass is 9.89. The average Bonchev–Trinajstić information content (AvgIpc) is 4.13. The van der Waals surface area contributed by atoms with Gasteiger partial charge in [-0.15, -0.1) is 0 Å². The van der Waals surface area contributed by atoms with Crippen molar-refractivity contribution in [1.29, 1.82) is 0 Å². The summed E-state index contributed by atoms with van der Waals surface area (Å²) in [7, 11) is 0. The molecule has 0 radical (unpaired) electrons. The summed E-state index contributed by atoms with van der Waals surface area (Å²) in [5, 5.41) is 3.50. The van der Waals surface area contributed by atoms with Gasteiger partial charge in [0.15, 0.2) is 0 Å². The summed E-state index contributed by atoms with van der Waals surface area (Å²) in [5.74, 6) is 1.02. The molecule has 0 unspecified atom stereocenters. The maximum absolute atomic E-state index is 5.23. The van der Waals surface area contributed by atoms with E-state index in [-0.39, 0.29) is 10.8 Å². The van der Waals surface area contributed by atoms with Gasteiger partial charge in [0, 0.05) is 63.8 Å². The lowest BCUT2D eigenvalue weighted by molar-refractivity contribution is 0.539. The van der Waals surface area contributed by atoms with Crippen molar-refractivity contribution >= 4 is 33.0 Å². The van der Waals surface area contributed by atoms with E-state index in [9.17, 15) is 0 Å². The molecule has 7 aromatic carbocycles. The van der Waals surface area contributed by atoms with Gasteiger partial charge >= 0.3 is 0 Å². The molecule has 0 atom stereocenters. The summed E-state index contributed by atoms with van der Waals surface area (Å²) in [6.45, 7) is 13.5. The first kappa shape index (κ1) is 46.6. The van der Waals surface area contributed by atoms with Gasteiger partial charge in [0.2, 0.25) is 0 Å². The van der Waals surface area contributed by atoms with Crippen LogP contribution in [0.15, 0.2) is 207 Å². The summed E-state index contributed by atoms with van der Waals surface area (Å²) in [6.07, 6.45) is 13.5. The molecule has 12 aromatic rings. The van der Waals surface area contributed by atoms with Gasteiger partial charge in [-0.25, -0.2) is 15.0 Å². The molecule has 0 spiro atoms. The minimum absolute atomic E-state index is 0.0241. The predicted octanol–water partition coefficient (Wildman–Crippen LogP) is 16.6. The molecule has 0 fully saturated rings. The molecule has 0 bridgehead atoms. The molecule has 0 aliphatic carbocycles. The Labute approximate surface area is 434 Å². The van der Waals surface area contributed by atoms with E-state index in [0.29, 0.717) is 0 Å². The standard InChI is InChI=1S/C68H60N6/c1-67(2,3)63-44-56-39-45(20-30-59(56)64-70-34-36-73(63)64)16-18-47-38-48(19-17-46-21-31-60-62(42-46)72-66(68(4,5)6)74-37-35-71-65(60)74)41-55(40-47)58-15-11-10-14-57(58)52-26-28-53(29-27-52)61-43-54(32-33-69-61)51-24-22-50(23-25-51)49-12-8-7-9-13-49/h7-15,20-44H,16-19H2,1-6H3. The lowest BCUT2D eigenvalue weighted by Crippen LogP contribution is -2.18. The van der Waals surface area contributed by atoms with Crippen LogP contribution in [0.25, 0.3) is 88.7 Å². The SMILES string of the molecule is CC(C)(C)c1cc2cc(CCc3cc(CCc4ccc5c(c4)nc(C(C)(C)C)n4ccnc54)cc(-c4ccccc4-c4ccc(-c5cc(-c6ccc(-c7ccccc7)cc6)ccn5)cc4)c3)ccc2c2nccn12. The monoisotopic (exact) mass is 960 g/mol. The van der Waals surface area contributed by atoms with Gasteiger partial charge in [-0.2, -0.15) is 0 Å². The molecular weight excluding hydrogens is 901 g/mol. The Bertz CT molecular complexity index is 3860. The number of aryl methyl sites for hydroxylation is 4. The summed E-state index contributed by atoms with van der Waals surface area (Å²) in [4.78, 5) is 19.6. The topological polar surface area (TPSA) is 60.4 Å². The Hall–Kier alpha value is -8.48. The molecule has 6 heteroatoms. The second-order valence-corrected chi connectivity index (χ2v) is 22.0. The second-order valence-electron chi connectivity index (χ2n) is 22.0. The zero-order valence-electron chi connectivity index (χ0n) is 43.1. The first-order valence-electron chi connectivity index (χ1n) is 26.0. The fourth-order valence-corrected chi connectivity index (χ4v) is 10.8. The van der Waals surface area contributed by atoms with Gasteiger partial charge in [0.1, 0.15) is 17.1 Å². The molecule has 0 aliphatic heterocycles. The molecular formula is C68H60N6. The maximum atomic E-state index is 5.23. The molecule has 5 heterocycles. The second kappa shape index (κ2) is 18.8. The van der Waals surface area contributed by atoms with Gasteiger partial charge in [-0.05, 0) is 128 Å². The Morgan fingerprint density at radius 3 is 1.61 bits per heavy atom. The van der Waals surface area contributed by atoms with E-state index >= 15 is 0 Å². The molecule has 362 valence electrons. The smallest absolute Gasteiger partial charge is 0.147 e. The van der Waals surface area contributed by atoms with Gasteiger partial charge in [-0.3, -0.25) is 9.38 Å². The van der Waals surface area contributed by atoms with Crippen LogP contribution in [0.5, 0.6) is 0 Å². The molecule has 74 heavy (non-hydrogen) atoms. The van der Waals surface area contributed by atoms with E-state index in [1.54, 1.807) is 0 Å². The number of pyridine rings is 2. The summed E-state index contributed by atoms with van der Waals surface area (Å²) in [6, 6.07) is 64.8. The fourth-order valence-electron chi connectivity index (χ4n) is 10.8. The van der Waals surface area contributed by atoms with Crippen molar-refractivity contribution < 1.29 is 0 Å². The maximum Gasteiger partial charge on any atom is 0.147 e. The molecule has 5 aromatic heterocycles. The molecule has 0 saturated heterocycles. The van der Waals surface area contributed by atoms with Crippen LogP contribution in [0.2, 0.25) is 0 Å². The average molecular weight is 961 g/mol. The molecule has 12 rings (SSSR count). The van der Waals surface area contributed by atoms with Crippen LogP contribution in [0.4, 0.5) is 0 Å². The third kappa shape index (κ3) is 9.17. The zero-order chi connectivity index (χ0) is 50.6. The quantitative estimate of drug-likeness (QED) is 0.130. The van der Waals surface area contributed by atoms with Crippen LogP contribution in [-0.4, -0.2) is 28.7 Å². The first-order valence-corrected chi connectivity index (χ1v) is 26.0. The van der Waals surface area contributed by atoms with Crippen molar-refractivity contribution in [1.82, 2.24) is 28.7 Å². The van der Waals surface area contributed by atoms with E-state index < -0.39 is 0 Å². The fraction of sp³-hybridized carbons (Fsp3) is 0.176. The number of imidazole rings is 2. The number of hydrogen-bond donors (Lipinski definition) is 0. The van der Waals surface area contributed by atoms with Crippen LogP contribution >= 0.6 is 0 Å².